The Morgan fingerprint density at radius 1 is 1.57 bits per heavy atom. The fourth-order valence-corrected chi connectivity index (χ4v) is 1.12. The highest BCUT2D eigenvalue weighted by Gasteiger charge is 2.15. The van der Waals surface area contributed by atoms with Crippen LogP contribution in [-0.4, -0.2) is 11.7 Å². The van der Waals surface area contributed by atoms with Gasteiger partial charge in [0.15, 0.2) is 0 Å². The molecule has 14 heavy (non-hydrogen) atoms. The van der Waals surface area contributed by atoms with Gasteiger partial charge in [-0.15, -0.1) is 0 Å². The third-order valence-electron chi connectivity index (χ3n) is 1.92. The molecule has 0 spiro atoms. The number of nitrogens with zero attached hydrogens (tertiary/aromatic N) is 1. The van der Waals surface area contributed by atoms with Crippen LogP contribution in [0.15, 0.2) is 12.1 Å². The largest absolute Gasteiger partial charge is 0.506 e. The van der Waals surface area contributed by atoms with E-state index in [9.17, 15) is 9.50 Å². The number of hydrogen-bond acceptors (Lipinski definition) is 4. The average molecular weight is 195 g/mol. The normalized spacial score (nSPS) is 12.1. The van der Waals surface area contributed by atoms with Gasteiger partial charge in [0.1, 0.15) is 23.2 Å². The molecule has 0 fully saturated rings. The van der Waals surface area contributed by atoms with Gasteiger partial charge in [-0.2, -0.15) is 5.26 Å². The number of benzene rings is 1. The minimum absolute atomic E-state index is 0.115. The molecule has 0 aliphatic rings. The van der Waals surface area contributed by atoms with E-state index < -0.39 is 23.2 Å². The number of aromatic hydroxyl groups is 1. The van der Waals surface area contributed by atoms with E-state index >= 15 is 0 Å². The molecule has 0 aliphatic heterocycles. The number of halogens is 1. The molecule has 0 amide bonds. The number of phenolic OH excluding ortho intramolecular Hbond substituents is 1. The lowest BCUT2D eigenvalue weighted by Crippen LogP contribution is -2.21. The Bertz CT molecular complexity index is 386. The molecule has 5 N–H and O–H groups in total. The lowest BCUT2D eigenvalue weighted by atomic mass is 10.0. The van der Waals surface area contributed by atoms with Crippen LogP contribution in [0, 0.1) is 17.1 Å². The molecule has 1 rings (SSSR count). The monoisotopic (exact) mass is 195 g/mol. The van der Waals surface area contributed by atoms with Crippen molar-refractivity contribution < 1.29 is 9.50 Å². The number of rotatable bonds is 2. The molecule has 0 saturated heterocycles. The molecule has 0 unspecified atom stereocenters. The summed E-state index contributed by atoms with van der Waals surface area (Å²) in [5.41, 5.74) is 10.7. The molecule has 5 heteroatoms. The van der Waals surface area contributed by atoms with Crippen LogP contribution in [0.3, 0.4) is 0 Å². The van der Waals surface area contributed by atoms with Gasteiger partial charge < -0.3 is 16.6 Å². The zero-order chi connectivity index (χ0) is 10.7. The van der Waals surface area contributed by atoms with Gasteiger partial charge >= 0.3 is 0 Å². The minimum atomic E-state index is -0.766. The molecule has 4 nitrogen and oxygen atoms in total. The molecule has 1 aromatic rings. The van der Waals surface area contributed by atoms with Crippen LogP contribution in [0.4, 0.5) is 4.39 Å². The van der Waals surface area contributed by atoms with E-state index in [-0.39, 0.29) is 12.1 Å². The molecule has 1 aromatic carbocycles. The van der Waals surface area contributed by atoms with Crippen LogP contribution < -0.4 is 11.5 Å². The van der Waals surface area contributed by atoms with E-state index in [0.29, 0.717) is 0 Å². The van der Waals surface area contributed by atoms with Crippen LogP contribution in [-0.2, 0) is 0 Å². The van der Waals surface area contributed by atoms with Gasteiger partial charge in [-0.05, 0) is 6.07 Å². The first-order valence-corrected chi connectivity index (χ1v) is 3.99. The van der Waals surface area contributed by atoms with Gasteiger partial charge in [0.25, 0.3) is 0 Å². The van der Waals surface area contributed by atoms with Crippen molar-refractivity contribution in [1.82, 2.24) is 0 Å². The third kappa shape index (κ3) is 1.66. The quantitative estimate of drug-likeness (QED) is 0.634. The average Bonchev–Trinajstić information content (AvgIpc) is 2.18. The molecular formula is C9H10FN3O. The maximum atomic E-state index is 12.9. The second-order valence-electron chi connectivity index (χ2n) is 2.81. The summed E-state index contributed by atoms with van der Waals surface area (Å²) in [5.74, 6) is -1.19. The van der Waals surface area contributed by atoms with Gasteiger partial charge in [-0.3, -0.25) is 0 Å². The lowest BCUT2D eigenvalue weighted by Gasteiger charge is -2.11. The lowest BCUT2D eigenvalue weighted by molar-refractivity contribution is 0.453. The second-order valence-corrected chi connectivity index (χ2v) is 2.81. The summed E-state index contributed by atoms with van der Waals surface area (Å²) < 4.78 is 12.9. The van der Waals surface area contributed by atoms with Crippen molar-refractivity contribution in [3.05, 3.63) is 29.1 Å². The Kier molecular flexibility index (Phi) is 3.02. The number of hydrogen-bond donors (Lipinski definition) is 3. The molecule has 0 heterocycles. The topological polar surface area (TPSA) is 96.1 Å². The summed E-state index contributed by atoms with van der Waals surface area (Å²) in [7, 11) is 0. The predicted molar refractivity (Wildman–Crippen MR) is 48.8 cm³/mol. The zero-order valence-corrected chi connectivity index (χ0v) is 7.37. The maximum absolute atomic E-state index is 12.9. The first-order chi connectivity index (χ1) is 6.61. The van der Waals surface area contributed by atoms with Gasteiger partial charge in [0, 0.05) is 18.2 Å². The van der Waals surface area contributed by atoms with Crippen molar-refractivity contribution >= 4 is 0 Å². The van der Waals surface area contributed by atoms with E-state index in [0.717, 1.165) is 6.07 Å². The highest BCUT2D eigenvalue weighted by molar-refractivity contribution is 5.49. The van der Waals surface area contributed by atoms with Gasteiger partial charge in [0.05, 0.1) is 0 Å². The minimum Gasteiger partial charge on any atom is -0.506 e. The molecule has 0 aliphatic carbocycles. The first kappa shape index (κ1) is 10.4. The summed E-state index contributed by atoms with van der Waals surface area (Å²) in [6.07, 6.45) is 0. The number of nitriles is 1. The van der Waals surface area contributed by atoms with Crippen LogP contribution in [0.5, 0.6) is 5.75 Å². The molecule has 0 saturated carbocycles. The standard InChI is InChI=1S/C9H10FN3O/c10-7-2-1-5(8(13)4-12)9(14)6(7)3-11/h1-2,8,14H,4,12-13H2/t8-/m1/s1. The summed E-state index contributed by atoms with van der Waals surface area (Å²) in [6, 6.07) is 3.38. The van der Waals surface area contributed by atoms with Crippen molar-refractivity contribution in [2.45, 2.75) is 6.04 Å². The number of nitrogens with two attached hydrogens (primary N) is 2. The van der Waals surface area contributed by atoms with Crippen LogP contribution in [0.2, 0.25) is 0 Å². The van der Waals surface area contributed by atoms with Gasteiger partial charge in [-0.25, -0.2) is 4.39 Å². The smallest absolute Gasteiger partial charge is 0.144 e. The SMILES string of the molecule is N#Cc1c(F)ccc([C@H](N)CN)c1O. The van der Waals surface area contributed by atoms with Crippen molar-refractivity contribution in [1.29, 1.82) is 5.26 Å². The van der Waals surface area contributed by atoms with Crippen molar-refractivity contribution in [2.24, 2.45) is 11.5 Å². The molecule has 0 radical (unpaired) electrons. The van der Waals surface area contributed by atoms with E-state index in [1.807, 2.05) is 0 Å². The summed E-state index contributed by atoms with van der Waals surface area (Å²) >= 11 is 0. The molecule has 74 valence electrons. The highest BCUT2D eigenvalue weighted by atomic mass is 19.1. The Hall–Kier alpha value is -1.64. The number of phenols is 1. The Balaban J connectivity index is 3.30. The van der Waals surface area contributed by atoms with Crippen molar-refractivity contribution in [3.63, 3.8) is 0 Å². The second kappa shape index (κ2) is 4.05. The molecule has 1 atom stereocenters. The van der Waals surface area contributed by atoms with Crippen molar-refractivity contribution in [3.8, 4) is 11.8 Å². The summed E-state index contributed by atoms with van der Waals surface area (Å²) in [4.78, 5) is 0. The molecule has 0 bridgehead atoms. The van der Waals surface area contributed by atoms with Crippen LogP contribution >= 0.6 is 0 Å². The fraction of sp³-hybridized carbons (Fsp3) is 0.222. The van der Waals surface area contributed by atoms with Crippen LogP contribution in [0.25, 0.3) is 0 Å². The van der Waals surface area contributed by atoms with Crippen LogP contribution in [0.1, 0.15) is 17.2 Å². The Labute approximate surface area is 80.6 Å². The van der Waals surface area contributed by atoms with Gasteiger partial charge in [-0.1, -0.05) is 6.07 Å². The Morgan fingerprint density at radius 3 is 2.71 bits per heavy atom. The zero-order valence-electron chi connectivity index (χ0n) is 7.37. The maximum Gasteiger partial charge on any atom is 0.144 e. The third-order valence-corrected chi connectivity index (χ3v) is 1.92. The first-order valence-electron chi connectivity index (χ1n) is 3.99. The highest BCUT2D eigenvalue weighted by Crippen LogP contribution is 2.27. The van der Waals surface area contributed by atoms with E-state index in [1.165, 1.54) is 6.07 Å². The summed E-state index contributed by atoms with van der Waals surface area (Å²) in [5, 5.41) is 18.0. The van der Waals surface area contributed by atoms with E-state index in [2.05, 4.69) is 0 Å². The summed E-state index contributed by atoms with van der Waals surface area (Å²) in [6.45, 7) is 0.115. The molecular weight excluding hydrogens is 185 g/mol. The fourth-order valence-electron chi connectivity index (χ4n) is 1.12. The Morgan fingerprint density at radius 2 is 2.21 bits per heavy atom. The van der Waals surface area contributed by atoms with Gasteiger partial charge in [0.2, 0.25) is 0 Å². The van der Waals surface area contributed by atoms with E-state index in [4.69, 9.17) is 16.7 Å². The van der Waals surface area contributed by atoms with Crippen molar-refractivity contribution in [2.75, 3.05) is 6.54 Å². The molecule has 0 aromatic heterocycles. The predicted octanol–water partition coefficient (Wildman–Crippen LogP) is 0.361. The van der Waals surface area contributed by atoms with E-state index in [1.54, 1.807) is 6.07 Å².